The van der Waals surface area contributed by atoms with Crippen molar-refractivity contribution in [2.75, 3.05) is 6.61 Å². The maximum absolute atomic E-state index is 12.4. The summed E-state index contributed by atoms with van der Waals surface area (Å²) < 4.78 is 46.4. The van der Waals surface area contributed by atoms with Gasteiger partial charge in [0.05, 0.1) is 22.2 Å². The second-order valence-corrected chi connectivity index (χ2v) is 6.87. The highest BCUT2D eigenvalue weighted by molar-refractivity contribution is 9.10. The van der Waals surface area contributed by atoms with Gasteiger partial charge in [-0.1, -0.05) is 0 Å². The Morgan fingerprint density at radius 3 is 2.34 bits per heavy atom. The van der Waals surface area contributed by atoms with E-state index in [1.165, 1.54) is 13.0 Å². The first kappa shape index (κ1) is 22.1. The predicted molar refractivity (Wildman–Crippen MR) is 99.0 cm³/mol. The lowest BCUT2D eigenvalue weighted by Gasteiger charge is -2.24. The number of alkyl halides is 3. The zero-order valence-corrected chi connectivity index (χ0v) is 16.5. The molecule has 1 N–H and O–H groups in total. The van der Waals surface area contributed by atoms with Crippen molar-refractivity contribution < 1.29 is 27.4 Å². The Kier molecular flexibility index (Phi) is 6.72. The van der Waals surface area contributed by atoms with E-state index in [2.05, 4.69) is 26.0 Å². The Hall–Kier alpha value is -3.24. The fourth-order valence-electron chi connectivity index (χ4n) is 2.14. The van der Waals surface area contributed by atoms with E-state index in [0.717, 1.165) is 24.3 Å². The number of nitrogens with one attached hydrogen (secondary N) is 1. The van der Waals surface area contributed by atoms with Crippen molar-refractivity contribution in [3.8, 4) is 23.6 Å². The van der Waals surface area contributed by atoms with Crippen LogP contribution in [0.3, 0.4) is 0 Å². The van der Waals surface area contributed by atoms with E-state index < -0.39 is 23.6 Å². The minimum Gasteiger partial charge on any atom is -0.489 e. The average Bonchev–Trinajstić information content (AvgIpc) is 2.66. The first-order chi connectivity index (χ1) is 13.5. The third-order valence-electron chi connectivity index (χ3n) is 3.56. The highest BCUT2D eigenvalue weighted by Crippen LogP contribution is 2.27. The van der Waals surface area contributed by atoms with Crippen molar-refractivity contribution >= 4 is 21.8 Å². The van der Waals surface area contributed by atoms with Gasteiger partial charge in [-0.3, -0.25) is 4.79 Å². The molecule has 0 radical (unpaired) electrons. The number of carbonyl (C=O) groups excluding carboxylic acids is 1. The molecule has 150 valence electrons. The number of carbonyl (C=O) groups is 1. The normalized spacial score (nSPS) is 12.8. The Morgan fingerprint density at radius 2 is 1.83 bits per heavy atom. The molecule has 1 amide bonds. The molecule has 0 saturated carbocycles. The fraction of sp³-hybridized carbons (Fsp3) is 0.211. The van der Waals surface area contributed by atoms with Gasteiger partial charge in [0, 0.05) is 5.56 Å². The van der Waals surface area contributed by atoms with E-state index in [0.29, 0.717) is 15.8 Å². The molecule has 2 aromatic carbocycles. The Balaban J connectivity index is 2.05. The Labute approximate surface area is 172 Å². The van der Waals surface area contributed by atoms with E-state index in [4.69, 9.17) is 10.00 Å². The van der Waals surface area contributed by atoms with Crippen molar-refractivity contribution in [3.63, 3.8) is 0 Å². The standard InChI is InChI=1S/C19H13BrF3N3O3/c1-18(10-25,11-28-16-7-2-12(9-24)8-15(16)20)26-17(27)13-3-5-14(6-4-13)29-19(21,22)23/h2-8H,11H2,1H3,(H,26,27). The van der Waals surface area contributed by atoms with Crippen molar-refractivity contribution in [2.45, 2.75) is 18.8 Å². The van der Waals surface area contributed by atoms with Crippen molar-refractivity contribution in [2.24, 2.45) is 0 Å². The summed E-state index contributed by atoms with van der Waals surface area (Å²) in [5.74, 6) is -0.769. The van der Waals surface area contributed by atoms with Crippen LogP contribution in [0.2, 0.25) is 0 Å². The summed E-state index contributed by atoms with van der Waals surface area (Å²) in [4.78, 5) is 12.4. The smallest absolute Gasteiger partial charge is 0.489 e. The number of benzene rings is 2. The maximum Gasteiger partial charge on any atom is 0.573 e. The summed E-state index contributed by atoms with van der Waals surface area (Å²) >= 11 is 3.25. The molecule has 0 bridgehead atoms. The number of hydrogen-bond donors (Lipinski definition) is 1. The van der Waals surface area contributed by atoms with Crippen LogP contribution < -0.4 is 14.8 Å². The number of nitriles is 2. The van der Waals surface area contributed by atoms with Crippen LogP contribution in [0.25, 0.3) is 0 Å². The van der Waals surface area contributed by atoms with E-state index in [1.54, 1.807) is 12.1 Å². The van der Waals surface area contributed by atoms with Crippen LogP contribution in [0, 0.1) is 22.7 Å². The second-order valence-electron chi connectivity index (χ2n) is 6.02. The first-order valence-electron chi connectivity index (χ1n) is 7.97. The highest BCUT2D eigenvalue weighted by Gasteiger charge is 2.31. The third-order valence-corrected chi connectivity index (χ3v) is 4.18. The third kappa shape index (κ3) is 6.40. The van der Waals surface area contributed by atoms with Gasteiger partial charge in [0.2, 0.25) is 0 Å². The molecule has 2 aromatic rings. The molecule has 0 aromatic heterocycles. The molecule has 1 unspecified atom stereocenters. The Bertz CT molecular complexity index is 981. The van der Waals surface area contributed by atoms with Crippen LogP contribution >= 0.6 is 15.9 Å². The number of ether oxygens (including phenoxy) is 2. The molecule has 0 aliphatic carbocycles. The predicted octanol–water partition coefficient (Wildman–Crippen LogP) is 4.31. The number of nitrogens with zero attached hydrogens (tertiary/aromatic N) is 2. The average molecular weight is 468 g/mol. The summed E-state index contributed by atoms with van der Waals surface area (Å²) in [5, 5.41) is 20.8. The molecule has 0 spiro atoms. The summed E-state index contributed by atoms with van der Waals surface area (Å²) in [5.41, 5.74) is -0.968. The van der Waals surface area contributed by atoms with Gasteiger partial charge in [0.1, 0.15) is 18.1 Å². The number of amides is 1. The maximum atomic E-state index is 12.4. The first-order valence-corrected chi connectivity index (χ1v) is 8.76. The van der Waals surface area contributed by atoms with Gasteiger partial charge in [-0.05, 0) is 65.3 Å². The molecule has 2 rings (SSSR count). The minimum atomic E-state index is -4.83. The molecule has 6 nitrogen and oxygen atoms in total. The lowest BCUT2D eigenvalue weighted by Crippen LogP contribution is -2.49. The van der Waals surface area contributed by atoms with Crippen LogP contribution in [0.1, 0.15) is 22.8 Å². The van der Waals surface area contributed by atoms with E-state index in [-0.39, 0.29) is 12.2 Å². The second kappa shape index (κ2) is 8.84. The Morgan fingerprint density at radius 1 is 1.17 bits per heavy atom. The molecule has 0 saturated heterocycles. The van der Waals surface area contributed by atoms with E-state index in [9.17, 15) is 23.2 Å². The topological polar surface area (TPSA) is 95.1 Å². The molecular formula is C19H13BrF3N3O3. The SMILES string of the molecule is CC(C#N)(COc1ccc(C#N)cc1Br)NC(=O)c1ccc(OC(F)(F)F)cc1. The lowest BCUT2D eigenvalue weighted by atomic mass is 10.0. The minimum absolute atomic E-state index is 0.0422. The molecule has 10 heteroatoms. The fourth-order valence-corrected chi connectivity index (χ4v) is 2.63. The van der Waals surface area contributed by atoms with Gasteiger partial charge in [-0.15, -0.1) is 13.2 Å². The van der Waals surface area contributed by atoms with Gasteiger partial charge < -0.3 is 14.8 Å². The lowest BCUT2D eigenvalue weighted by molar-refractivity contribution is -0.274. The largest absolute Gasteiger partial charge is 0.573 e. The zero-order chi connectivity index (χ0) is 21.7. The molecule has 0 aliphatic rings. The van der Waals surface area contributed by atoms with Gasteiger partial charge in [0.25, 0.3) is 5.91 Å². The van der Waals surface area contributed by atoms with Crippen LogP contribution in [0.4, 0.5) is 13.2 Å². The highest BCUT2D eigenvalue weighted by atomic mass is 79.9. The molecular weight excluding hydrogens is 455 g/mol. The quantitative estimate of drug-likeness (QED) is 0.682. The zero-order valence-electron chi connectivity index (χ0n) is 14.9. The van der Waals surface area contributed by atoms with Crippen molar-refractivity contribution in [1.29, 1.82) is 10.5 Å². The van der Waals surface area contributed by atoms with Gasteiger partial charge >= 0.3 is 6.36 Å². The van der Waals surface area contributed by atoms with Gasteiger partial charge in [0.15, 0.2) is 5.54 Å². The molecule has 0 heterocycles. The number of rotatable bonds is 6. The van der Waals surface area contributed by atoms with E-state index in [1.807, 2.05) is 12.1 Å². The molecule has 0 fully saturated rings. The van der Waals surface area contributed by atoms with Gasteiger partial charge in [-0.25, -0.2) is 0 Å². The number of halogens is 4. The summed E-state index contributed by atoms with van der Waals surface area (Å²) in [6, 6.07) is 12.8. The van der Waals surface area contributed by atoms with Crippen molar-refractivity contribution in [3.05, 3.63) is 58.1 Å². The summed E-state index contributed by atoms with van der Waals surface area (Å²) in [6.45, 7) is 1.22. The van der Waals surface area contributed by atoms with Crippen molar-refractivity contribution in [1.82, 2.24) is 5.32 Å². The van der Waals surface area contributed by atoms with Crippen LogP contribution in [0.5, 0.6) is 11.5 Å². The van der Waals surface area contributed by atoms with Crippen LogP contribution in [0.15, 0.2) is 46.9 Å². The summed E-state index contributed by atoms with van der Waals surface area (Å²) in [7, 11) is 0. The monoisotopic (exact) mass is 467 g/mol. The molecule has 29 heavy (non-hydrogen) atoms. The number of hydrogen-bond acceptors (Lipinski definition) is 5. The summed E-state index contributed by atoms with van der Waals surface area (Å²) in [6.07, 6.45) is -4.83. The molecule has 1 atom stereocenters. The van der Waals surface area contributed by atoms with Crippen LogP contribution in [-0.4, -0.2) is 24.4 Å². The van der Waals surface area contributed by atoms with Crippen LogP contribution in [-0.2, 0) is 0 Å². The molecule has 0 aliphatic heterocycles. The van der Waals surface area contributed by atoms with Gasteiger partial charge in [-0.2, -0.15) is 10.5 Å². The van der Waals surface area contributed by atoms with E-state index >= 15 is 0 Å².